The highest BCUT2D eigenvalue weighted by atomic mass is 14.9. The Morgan fingerprint density at radius 1 is 0.364 bits per heavy atom. The van der Waals surface area contributed by atoms with E-state index in [0.717, 1.165) is 0 Å². The van der Waals surface area contributed by atoms with Crippen molar-refractivity contribution in [3.05, 3.63) is 151 Å². The zero-order valence-electron chi connectivity index (χ0n) is 24.3. The molecular weight excluding hydrogens is 530 g/mol. The first-order valence-corrected chi connectivity index (χ1v) is 15.4. The number of para-hydroxylation sites is 1. The van der Waals surface area contributed by atoms with Gasteiger partial charge in [0.05, 0.1) is 16.6 Å². The van der Waals surface area contributed by atoms with Gasteiger partial charge in [-0.2, -0.15) is 0 Å². The van der Waals surface area contributed by atoms with E-state index < -0.39 is 0 Å². The molecule has 0 fully saturated rings. The molecule has 0 bridgehead atoms. The van der Waals surface area contributed by atoms with E-state index in [4.69, 9.17) is 0 Å². The minimum Gasteiger partial charge on any atom is -0.308 e. The Labute approximate surface area is 254 Å². The fraction of sp³-hybridized carbons (Fsp3) is 0.0233. The second-order valence-corrected chi connectivity index (χ2v) is 12.2. The van der Waals surface area contributed by atoms with Crippen molar-refractivity contribution in [3.8, 4) is 22.3 Å². The van der Waals surface area contributed by atoms with Crippen LogP contribution in [0.1, 0.15) is 5.56 Å². The number of aromatic nitrogens is 1. The van der Waals surface area contributed by atoms with Crippen molar-refractivity contribution in [1.29, 1.82) is 0 Å². The second kappa shape index (κ2) is 8.69. The minimum atomic E-state index is 1.23. The Morgan fingerprint density at radius 3 is 1.75 bits per heavy atom. The predicted molar refractivity (Wildman–Crippen MR) is 189 cm³/mol. The average Bonchev–Trinajstić information content (AvgIpc) is 3.60. The van der Waals surface area contributed by atoms with Crippen LogP contribution < -0.4 is 0 Å². The van der Waals surface area contributed by atoms with Crippen molar-refractivity contribution in [2.24, 2.45) is 0 Å². The first-order valence-electron chi connectivity index (χ1n) is 15.4. The molecule has 0 atom stereocenters. The second-order valence-electron chi connectivity index (χ2n) is 12.2. The molecule has 0 aliphatic rings. The van der Waals surface area contributed by atoms with E-state index in [1.165, 1.54) is 98.2 Å². The van der Waals surface area contributed by atoms with Crippen LogP contribution in [-0.4, -0.2) is 4.40 Å². The molecule has 0 saturated heterocycles. The van der Waals surface area contributed by atoms with Gasteiger partial charge in [-0.05, 0) is 91.3 Å². The van der Waals surface area contributed by atoms with Gasteiger partial charge in [0.25, 0.3) is 0 Å². The summed E-state index contributed by atoms with van der Waals surface area (Å²) in [6.07, 6.45) is 0. The van der Waals surface area contributed by atoms with E-state index in [2.05, 4.69) is 157 Å². The van der Waals surface area contributed by atoms with Crippen molar-refractivity contribution < 1.29 is 0 Å². The smallest absolute Gasteiger partial charge is 0.0620 e. The van der Waals surface area contributed by atoms with E-state index in [1.54, 1.807) is 0 Å². The number of fused-ring (bicyclic) bond motifs is 12. The van der Waals surface area contributed by atoms with Crippen LogP contribution in [0.2, 0.25) is 0 Å². The van der Waals surface area contributed by atoms with Gasteiger partial charge in [-0.25, -0.2) is 0 Å². The SMILES string of the molecule is Cc1ccc2c3cccc4c5c(-c6cccc(-c7ccc8c9ccccc9c9ccccc9c8c7)c6)cccc5n(c2c1)c34. The molecule has 1 nitrogen and oxygen atoms in total. The minimum absolute atomic E-state index is 1.23. The third-order valence-corrected chi connectivity index (χ3v) is 9.75. The Kier molecular flexibility index (Phi) is 4.71. The Balaban J connectivity index is 1.21. The van der Waals surface area contributed by atoms with Gasteiger partial charge in [0.1, 0.15) is 0 Å². The molecule has 0 aliphatic carbocycles. The summed E-state index contributed by atoms with van der Waals surface area (Å²) in [5.74, 6) is 0. The molecule has 44 heavy (non-hydrogen) atoms. The lowest BCUT2D eigenvalue weighted by Crippen LogP contribution is -1.86. The summed E-state index contributed by atoms with van der Waals surface area (Å²) >= 11 is 0. The van der Waals surface area contributed by atoms with Crippen LogP contribution in [0.25, 0.3) is 92.7 Å². The number of hydrogen-bond acceptors (Lipinski definition) is 0. The van der Waals surface area contributed by atoms with Crippen molar-refractivity contribution in [1.82, 2.24) is 4.40 Å². The van der Waals surface area contributed by atoms with E-state index in [0.29, 0.717) is 0 Å². The molecule has 0 unspecified atom stereocenters. The van der Waals surface area contributed by atoms with E-state index in [9.17, 15) is 0 Å². The fourth-order valence-corrected chi connectivity index (χ4v) is 7.83. The lowest BCUT2D eigenvalue weighted by Gasteiger charge is -2.13. The molecule has 0 spiro atoms. The van der Waals surface area contributed by atoms with Crippen LogP contribution in [0.3, 0.4) is 0 Å². The number of aryl methyl sites for hydroxylation is 1. The molecular formula is C43H27N. The van der Waals surface area contributed by atoms with Crippen molar-refractivity contribution in [3.63, 3.8) is 0 Å². The molecule has 2 aromatic heterocycles. The van der Waals surface area contributed by atoms with Crippen LogP contribution in [0.5, 0.6) is 0 Å². The van der Waals surface area contributed by atoms with Crippen LogP contribution in [0, 0.1) is 6.92 Å². The largest absolute Gasteiger partial charge is 0.308 e. The number of benzene rings is 8. The van der Waals surface area contributed by atoms with Crippen molar-refractivity contribution in [2.75, 3.05) is 0 Å². The maximum Gasteiger partial charge on any atom is 0.0620 e. The maximum absolute atomic E-state index is 2.48. The Bertz CT molecular complexity index is 2740. The van der Waals surface area contributed by atoms with Crippen LogP contribution in [0.15, 0.2) is 146 Å². The number of rotatable bonds is 2. The summed E-state index contributed by atoms with van der Waals surface area (Å²) < 4.78 is 2.48. The molecule has 0 amide bonds. The summed E-state index contributed by atoms with van der Waals surface area (Å²) in [5, 5.41) is 13.1. The van der Waals surface area contributed by atoms with E-state index in [1.807, 2.05) is 0 Å². The Morgan fingerprint density at radius 2 is 0.955 bits per heavy atom. The fourth-order valence-electron chi connectivity index (χ4n) is 7.83. The van der Waals surface area contributed by atoms with Gasteiger partial charge in [-0.1, -0.05) is 121 Å². The highest BCUT2D eigenvalue weighted by molar-refractivity contribution is 6.27. The zero-order valence-corrected chi connectivity index (χ0v) is 24.3. The first kappa shape index (κ1) is 23.9. The van der Waals surface area contributed by atoms with Crippen LogP contribution in [0.4, 0.5) is 0 Å². The average molecular weight is 558 g/mol. The summed E-state index contributed by atoms with van der Waals surface area (Å²) in [5.41, 5.74) is 10.1. The van der Waals surface area contributed by atoms with Gasteiger partial charge in [0.15, 0.2) is 0 Å². The summed E-state index contributed by atoms with van der Waals surface area (Å²) in [4.78, 5) is 0. The zero-order chi connectivity index (χ0) is 28.9. The highest BCUT2D eigenvalue weighted by Gasteiger charge is 2.19. The van der Waals surface area contributed by atoms with Gasteiger partial charge >= 0.3 is 0 Å². The molecule has 10 aromatic rings. The van der Waals surface area contributed by atoms with Crippen molar-refractivity contribution >= 4 is 70.4 Å². The normalized spacial score (nSPS) is 12.2. The van der Waals surface area contributed by atoms with Gasteiger partial charge < -0.3 is 4.40 Å². The summed E-state index contributed by atoms with van der Waals surface area (Å²) in [6, 6.07) is 54.1. The van der Waals surface area contributed by atoms with Gasteiger partial charge in [-0.15, -0.1) is 0 Å². The molecule has 2 heterocycles. The molecule has 0 N–H and O–H groups in total. The lowest BCUT2D eigenvalue weighted by atomic mass is 9.91. The van der Waals surface area contributed by atoms with Crippen LogP contribution in [-0.2, 0) is 0 Å². The number of nitrogens with zero attached hydrogens (tertiary/aromatic N) is 1. The molecule has 10 rings (SSSR count). The molecule has 0 radical (unpaired) electrons. The molecule has 0 saturated carbocycles. The molecule has 1 heteroatoms. The summed E-state index contributed by atoms with van der Waals surface area (Å²) in [6.45, 7) is 2.18. The van der Waals surface area contributed by atoms with Gasteiger partial charge in [-0.3, -0.25) is 0 Å². The topological polar surface area (TPSA) is 4.41 Å². The monoisotopic (exact) mass is 557 g/mol. The summed E-state index contributed by atoms with van der Waals surface area (Å²) in [7, 11) is 0. The quantitative estimate of drug-likeness (QED) is 0.186. The molecule has 8 aromatic carbocycles. The van der Waals surface area contributed by atoms with Gasteiger partial charge in [0.2, 0.25) is 0 Å². The predicted octanol–water partition coefficient (Wildman–Crippen LogP) is 11.9. The third kappa shape index (κ3) is 3.13. The first-order chi connectivity index (χ1) is 21.7. The van der Waals surface area contributed by atoms with Gasteiger partial charge in [0, 0.05) is 21.5 Å². The lowest BCUT2D eigenvalue weighted by molar-refractivity contribution is 1.36. The standard InChI is InChI=1S/C43H27N/c1-26-19-21-36-37-16-7-17-38-42-30(15-8-18-40(42)44(43(37)38)41(36)23-26)29-10-6-9-27(24-29)28-20-22-35-33-13-3-2-11-31(33)32-12-4-5-14-34(32)39(35)25-28/h2-25H,1H3. The molecule has 204 valence electrons. The highest BCUT2D eigenvalue weighted by Crippen LogP contribution is 2.43. The van der Waals surface area contributed by atoms with E-state index >= 15 is 0 Å². The number of hydrogen-bond donors (Lipinski definition) is 0. The Hall–Kier alpha value is -5.66. The molecule has 0 aliphatic heterocycles. The van der Waals surface area contributed by atoms with Crippen LogP contribution >= 0.6 is 0 Å². The third-order valence-electron chi connectivity index (χ3n) is 9.75. The van der Waals surface area contributed by atoms with Crippen molar-refractivity contribution in [2.45, 2.75) is 6.92 Å². The van der Waals surface area contributed by atoms with E-state index in [-0.39, 0.29) is 0 Å². The maximum atomic E-state index is 2.48.